The van der Waals surface area contributed by atoms with E-state index in [9.17, 15) is 9.59 Å². The molecular weight excluding hydrogens is 304 g/mol. The molecule has 2 fully saturated rings. The Morgan fingerprint density at radius 2 is 2.08 bits per heavy atom. The molecule has 24 heavy (non-hydrogen) atoms. The number of hydrogen-bond donors (Lipinski definition) is 2. The predicted molar refractivity (Wildman–Crippen MR) is 95.4 cm³/mol. The van der Waals surface area contributed by atoms with Gasteiger partial charge in [-0.1, -0.05) is 19.9 Å². The number of amides is 4. The van der Waals surface area contributed by atoms with Gasteiger partial charge in [0, 0.05) is 36.5 Å². The molecule has 1 aliphatic heterocycles. The Hall–Kier alpha value is -2.24. The zero-order chi connectivity index (χ0) is 17.3. The molecule has 2 aliphatic rings. The maximum absolute atomic E-state index is 12.8. The monoisotopic (exact) mass is 330 g/mol. The van der Waals surface area contributed by atoms with E-state index in [1.54, 1.807) is 4.90 Å². The summed E-state index contributed by atoms with van der Waals surface area (Å²) in [5.41, 5.74) is 1.52. The van der Waals surface area contributed by atoms with E-state index >= 15 is 0 Å². The smallest absolute Gasteiger partial charge is 0.322 e. The number of benzene rings is 1. The minimum Gasteiger partial charge on any atom is -0.336 e. The van der Waals surface area contributed by atoms with Crippen molar-refractivity contribution in [3.05, 3.63) is 24.3 Å². The molecule has 0 unspecified atom stereocenters. The van der Waals surface area contributed by atoms with Crippen molar-refractivity contribution in [1.82, 2.24) is 10.2 Å². The van der Waals surface area contributed by atoms with Crippen molar-refractivity contribution >= 4 is 23.4 Å². The minimum atomic E-state index is -0.0912. The molecule has 1 heterocycles. The van der Waals surface area contributed by atoms with Crippen LogP contribution in [-0.4, -0.2) is 42.1 Å². The molecule has 2 N–H and O–H groups in total. The van der Waals surface area contributed by atoms with Crippen LogP contribution in [0.3, 0.4) is 0 Å². The van der Waals surface area contributed by atoms with E-state index in [1.165, 1.54) is 0 Å². The number of carbonyl (C=O) groups is 2. The van der Waals surface area contributed by atoms with Gasteiger partial charge in [0.25, 0.3) is 0 Å². The largest absolute Gasteiger partial charge is 0.336 e. The first kappa shape index (κ1) is 16.6. The summed E-state index contributed by atoms with van der Waals surface area (Å²) < 4.78 is 0. The zero-order valence-corrected chi connectivity index (χ0v) is 14.6. The molecule has 1 aliphatic carbocycles. The lowest BCUT2D eigenvalue weighted by Crippen LogP contribution is -2.45. The Balaban J connectivity index is 1.73. The van der Waals surface area contributed by atoms with Crippen molar-refractivity contribution in [2.24, 2.45) is 5.92 Å². The van der Waals surface area contributed by atoms with Gasteiger partial charge >= 0.3 is 12.1 Å². The Labute approximate surface area is 143 Å². The maximum atomic E-state index is 12.8. The van der Waals surface area contributed by atoms with Crippen LogP contribution in [0.4, 0.5) is 21.0 Å². The van der Waals surface area contributed by atoms with E-state index in [2.05, 4.69) is 31.4 Å². The molecule has 4 amide bonds. The third-order valence-electron chi connectivity index (χ3n) is 4.84. The van der Waals surface area contributed by atoms with Gasteiger partial charge in [0.2, 0.25) is 0 Å². The fraction of sp³-hybridized carbons (Fsp3) is 0.556. The van der Waals surface area contributed by atoms with Crippen molar-refractivity contribution in [3.8, 4) is 0 Å². The van der Waals surface area contributed by atoms with Gasteiger partial charge in [-0.3, -0.25) is 4.90 Å². The fourth-order valence-electron chi connectivity index (χ4n) is 3.01. The standard InChI is InChI=1S/C18H26N4O2/c1-12(2)13(3)22(15-7-8-15)18(24)20-14-5-4-6-16(11-14)21-10-9-19-17(21)23/h4-6,11-13,15H,7-10H2,1-3H3,(H,19,23)(H,20,24)/t13-/m0/s1. The molecule has 0 aromatic heterocycles. The van der Waals surface area contributed by atoms with Crippen molar-refractivity contribution in [2.75, 3.05) is 23.3 Å². The van der Waals surface area contributed by atoms with Gasteiger partial charge in [0.1, 0.15) is 0 Å². The summed E-state index contributed by atoms with van der Waals surface area (Å²) in [4.78, 5) is 28.2. The molecule has 0 spiro atoms. The Morgan fingerprint density at radius 3 is 2.67 bits per heavy atom. The van der Waals surface area contributed by atoms with Gasteiger partial charge in [0.15, 0.2) is 0 Å². The van der Waals surface area contributed by atoms with Crippen LogP contribution in [0.5, 0.6) is 0 Å². The highest BCUT2D eigenvalue weighted by Crippen LogP contribution is 2.31. The maximum Gasteiger partial charge on any atom is 0.322 e. The topological polar surface area (TPSA) is 64.7 Å². The molecule has 1 atom stereocenters. The second-order valence-corrected chi connectivity index (χ2v) is 6.99. The van der Waals surface area contributed by atoms with Crippen molar-refractivity contribution in [1.29, 1.82) is 0 Å². The summed E-state index contributed by atoms with van der Waals surface area (Å²) >= 11 is 0. The summed E-state index contributed by atoms with van der Waals surface area (Å²) in [6.07, 6.45) is 2.16. The van der Waals surface area contributed by atoms with Gasteiger partial charge < -0.3 is 15.5 Å². The number of rotatable bonds is 5. The summed E-state index contributed by atoms with van der Waals surface area (Å²) in [6, 6.07) is 7.88. The first-order valence-corrected chi connectivity index (χ1v) is 8.72. The molecule has 0 radical (unpaired) electrons. The van der Waals surface area contributed by atoms with Crippen LogP contribution in [-0.2, 0) is 0 Å². The first-order valence-electron chi connectivity index (χ1n) is 8.72. The van der Waals surface area contributed by atoms with E-state index in [0.29, 0.717) is 25.0 Å². The summed E-state index contributed by atoms with van der Waals surface area (Å²) in [7, 11) is 0. The zero-order valence-electron chi connectivity index (χ0n) is 14.6. The minimum absolute atomic E-state index is 0.0540. The molecule has 3 rings (SSSR count). The fourth-order valence-corrected chi connectivity index (χ4v) is 3.01. The number of nitrogens with one attached hydrogen (secondary N) is 2. The van der Waals surface area contributed by atoms with Crippen LogP contribution in [0.15, 0.2) is 24.3 Å². The Morgan fingerprint density at radius 1 is 1.33 bits per heavy atom. The third kappa shape index (κ3) is 3.47. The van der Waals surface area contributed by atoms with Gasteiger partial charge in [0.05, 0.1) is 0 Å². The van der Waals surface area contributed by atoms with Crippen molar-refractivity contribution in [2.45, 2.75) is 45.7 Å². The molecule has 6 nitrogen and oxygen atoms in total. The number of carbonyl (C=O) groups excluding carboxylic acids is 2. The van der Waals surface area contributed by atoms with Crippen LogP contribution in [0, 0.1) is 5.92 Å². The normalized spacial score (nSPS) is 18.5. The van der Waals surface area contributed by atoms with Gasteiger partial charge in [-0.25, -0.2) is 9.59 Å². The summed E-state index contributed by atoms with van der Waals surface area (Å²) in [5, 5.41) is 5.79. The first-order chi connectivity index (χ1) is 11.5. The molecule has 1 saturated carbocycles. The van der Waals surface area contributed by atoms with Crippen molar-refractivity contribution < 1.29 is 9.59 Å². The highest BCUT2D eigenvalue weighted by Gasteiger charge is 2.36. The molecule has 130 valence electrons. The van der Waals surface area contributed by atoms with E-state index in [-0.39, 0.29) is 18.1 Å². The van der Waals surface area contributed by atoms with E-state index < -0.39 is 0 Å². The number of hydrogen-bond acceptors (Lipinski definition) is 2. The molecule has 1 saturated heterocycles. The highest BCUT2D eigenvalue weighted by molar-refractivity contribution is 5.96. The van der Waals surface area contributed by atoms with Gasteiger partial charge in [-0.2, -0.15) is 0 Å². The quantitative estimate of drug-likeness (QED) is 0.870. The molecule has 0 bridgehead atoms. The second kappa shape index (κ2) is 6.71. The SMILES string of the molecule is CC(C)[C@H](C)N(C(=O)Nc1cccc(N2CCNC2=O)c1)C1CC1. The third-order valence-corrected chi connectivity index (χ3v) is 4.84. The lowest BCUT2D eigenvalue weighted by Gasteiger charge is -2.32. The van der Waals surface area contributed by atoms with Gasteiger partial charge in [-0.05, 0) is 43.9 Å². The van der Waals surface area contributed by atoms with E-state index in [1.807, 2.05) is 29.2 Å². The summed E-state index contributed by atoms with van der Waals surface area (Å²) in [6.45, 7) is 7.68. The van der Waals surface area contributed by atoms with Crippen LogP contribution in [0.1, 0.15) is 33.6 Å². The predicted octanol–water partition coefficient (Wildman–Crippen LogP) is 3.26. The number of anilines is 2. The Kier molecular flexibility index (Phi) is 4.64. The van der Waals surface area contributed by atoms with Gasteiger partial charge in [-0.15, -0.1) is 0 Å². The molecule has 1 aromatic carbocycles. The second-order valence-electron chi connectivity index (χ2n) is 6.99. The lowest BCUT2D eigenvalue weighted by atomic mass is 10.0. The molecule has 6 heteroatoms. The average Bonchev–Trinajstić information content (AvgIpc) is 3.27. The number of nitrogens with zero attached hydrogens (tertiary/aromatic N) is 2. The Bertz CT molecular complexity index is 627. The van der Waals surface area contributed by atoms with Crippen LogP contribution in [0.2, 0.25) is 0 Å². The van der Waals surface area contributed by atoms with Crippen LogP contribution < -0.4 is 15.5 Å². The van der Waals surface area contributed by atoms with Crippen molar-refractivity contribution in [3.63, 3.8) is 0 Å². The number of urea groups is 2. The lowest BCUT2D eigenvalue weighted by molar-refractivity contribution is 0.169. The molecule has 1 aromatic rings. The van der Waals surface area contributed by atoms with E-state index in [0.717, 1.165) is 24.2 Å². The van der Waals surface area contributed by atoms with Crippen LogP contribution in [0.25, 0.3) is 0 Å². The average molecular weight is 330 g/mol. The summed E-state index contributed by atoms with van der Waals surface area (Å²) in [5.74, 6) is 0.413. The van der Waals surface area contributed by atoms with E-state index in [4.69, 9.17) is 0 Å². The highest BCUT2D eigenvalue weighted by atomic mass is 16.2. The van der Waals surface area contributed by atoms with Crippen LogP contribution >= 0.6 is 0 Å². The molecular formula is C18H26N4O2.